The van der Waals surface area contributed by atoms with Crippen molar-refractivity contribution in [3.63, 3.8) is 0 Å². The normalized spacial score (nSPS) is 13.5. The molecule has 172 valence electrons. The summed E-state index contributed by atoms with van der Waals surface area (Å²) in [4.78, 5) is 39.7. The maximum absolute atomic E-state index is 12.4. The summed E-state index contributed by atoms with van der Waals surface area (Å²) < 4.78 is 6.94. The standard InChI is InChI=1S/C24H28N6O3/c1-18-5-7-19(8-6-18)20-13-24(32)30(17-28-20)15-22(31)25-9-12-33-23-14-21(26-16-27-23)29-10-3-2-4-11-29/h5-8,13-14,16-17H,2-4,9-12,15H2,1H3,(H,25,31). The summed E-state index contributed by atoms with van der Waals surface area (Å²) in [5.41, 5.74) is 2.30. The lowest BCUT2D eigenvalue weighted by atomic mass is 10.1. The fourth-order valence-corrected chi connectivity index (χ4v) is 3.69. The van der Waals surface area contributed by atoms with Gasteiger partial charge in [-0.1, -0.05) is 29.8 Å². The third-order valence-electron chi connectivity index (χ3n) is 5.52. The first-order chi connectivity index (χ1) is 16.1. The molecule has 2 aromatic heterocycles. The van der Waals surface area contributed by atoms with Crippen LogP contribution in [0.3, 0.4) is 0 Å². The van der Waals surface area contributed by atoms with E-state index < -0.39 is 0 Å². The molecule has 1 aliphatic rings. The van der Waals surface area contributed by atoms with Crippen LogP contribution in [0, 0.1) is 6.92 Å². The largest absolute Gasteiger partial charge is 0.476 e. The van der Waals surface area contributed by atoms with Crippen LogP contribution >= 0.6 is 0 Å². The van der Waals surface area contributed by atoms with Gasteiger partial charge in [0.15, 0.2) is 0 Å². The summed E-state index contributed by atoms with van der Waals surface area (Å²) in [6.45, 7) is 4.44. The minimum Gasteiger partial charge on any atom is -0.476 e. The molecule has 0 unspecified atom stereocenters. The number of nitrogens with zero attached hydrogens (tertiary/aromatic N) is 5. The van der Waals surface area contributed by atoms with E-state index in [2.05, 4.69) is 25.2 Å². The van der Waals surface area contributed by atoms with E-state index in [1.54, 1.807) is 0 Å². The van der Waals surface area contributed by atoms with Crippen LogP contribution in [0.5, 0.6) is 5.88 Å². The van der Waals surface area contributed by atoms with Gasteiger partial charge in [0.2, 0.25) is 11.8 Å². The van der Waals surface area contributed by atoms with Gasteiger partial charge in [0.25, 0.3) is 5.56 Å². The Hall–Kier alpha value is -3.75. The Labute approximate surface area is 192 Å². The molecule has 0 radical (unpaired) electrons. The number of piperidine rings is 1. The summed E-state index contributed by atoms with van der Waals surface area (Å²) in [5.74, 6) is 1.05. The molecule has 9 heteroatoms. The Morgan fingerprint density at radius 2 is 1.85 bits per heavy atom. The number of aryl methyl sites for hydroxylation is 1. The molecule has 0 bridgehead atoms. The van der Waals surface area contributed by atoms with E-state index in [4.69, 9.17) is 4.74 Å². The van der Waals surface area contributed by atoms with Crippen LogP contribution in [0.25, 0.3) is 11.3 Å². The van der Waals surface area contributed by atoms with Gasteiger partial charge in [0, 0.05) is 30.8 Å². The van der Waals surface area contributed by atoms with E-state index in [0.717, 1.165) is 30.0 Å². The molecule has 9 nitrogen and oxygen atoms in total. The van der Waals surface area contributed by atoms with Crippen molar-refractivity contribution >= 4 is 11.7 Å². The zero-order chi connectivity index (χ0) is 23.0. The molecule has 0 saturated carbocycles. The molecule has 33 heavy (non-hydrogen) atoms. The number of ether oxygens (including phenoxy) is 1. The van der Waals surface area contributed by atoms with E-state index in [-0.39, 0.29) is 24.6 Å². The highest BCUT2D eigenvalue weighted by atomic mass is 16.5. The summed E-state index contributed by atoms with van der Waals surface area (Å²) in [7, 11) is 0. The van der Waals surface area contributed by atoms with Crippen LogP contribution in [0.1, 0.15) is 24.8 Å². The van der Waals surface area contributed by atoms with E-state index in [1.165, 1.54) is 42.6 Å². The lowest BCUT2D eigenvalue weighted by molar-refractivity contribution is -0.121. The highest BCUT2D eigenvalue weighted by molar-refractivity contribution is 5.75. The van der Waals surface area contributed by atoms with Gasteiger partial charge in [0.1, 0.15) is 25.3 Å². The maximum Gasteiger partial charge on any atom is 0.254 e. The van der Waals surface area contributed by atoms with Gasteiger partial charge in [-0.2, -0.15) is 0 Å². The molecular weight excluding hydrogens is 420 g/mol. The third kappa shape index (κ3) is 6.15. The first-order valence-electron chi connectivity index (χ1n) is 11.2. The topological polar surface area (TPSA) is 102 Å². The molecule has 0 spiro atoms. The van der Waals surface area contributed by atoms with Crippen molar-refractivity contribution in [1.29, 1.82) is 0 Å². The molecule has 1 aromatic carbocycles. The fourth-order valence-electron chi connectivity index (χ4n) is 3.69. The van der Waals surface area contributed by atoms with Crippen LogP contribution in [0.2, 0.25) is 0 Å². The van der Waals surface area contributed by atoms with Crippen molar-refractivity contribution in [2.75, 3.05) is 31.1 Å². The number of rotatable bonds is 8. The number of benzene rings is 1. The van der Waals surface area contributed by atoms with Gasteiger partial charge in [-0.15, -0.1) is 0 Å². The Kier molecular flexibility index (Phi) is 7.29. The van der Waals surface area contributed by atoms with Gasteiger partial charge in [-0.3, -0.25) is 14.2 Å². The number of carbonyl (C=O) groups is 1. The Bertz CT molecular complexity index is 1140. The molecule has 1 amide bonds. The summed E-state index contributed by atoms with van der Waals surface area (Å²) in [5, 5.41) is 2.75. The number of nitrogens with one attached hydrogen (secondary N) is 1. The molecule has 1 N–H and O–H groups in total. The van der Waals surface area contributed by atoms with E-state index in [1.807, 2.05) is 37.3 Å². The van der Waals surface area contributed by atoms with Gasteiger partial charge < -0.3 is 15.0 Å². The van der Waals surface area contributed by atoms with E-state index >= 15 is 0 Å². The van der Waals surface area contributed by atoms with Crippen LogP contribution in [-0.2, 0) is 11.3 Å². The molecule has 3 heterocycles. The number of amides is 1. The Morgan fingerprint density at radius 1 is 1.06 bits per heavy atom. The third-order valence-corrected chi connectivity index (χ3v) is 5.52. The minimum absolute atomic E-state index is 0.105. The van der Waals surface area contributed by atoms with E-state index in [0.29, 0.717) is 18.1 Å². The van der Waals surface area contributed by atoms with Gasteiger partial charge in [0.05, 0.1) is 18.6 Å². The molecule has 3 aromatic rings. The molecule has 0 aliphatic carbocycles. The van der Waals surface area contributed by atoms with Crippen molar-refractivity contribution in [2.45, 2.75) is 32.7 Å². The van der Waals surface area contributed by atoms with Crippen molar-refractivity contribution in [1.82, 2.24) is 24.8 Å². The van der Waals surface area contributed by atoms with Crippen LogP contribution in [-0.4, -0.2) is 51.7 Å². The van der Waals surface area contributed by atoms with Crippen LogP contribution in [0.15, 0.2) is 53.8 Å². The van der Waals surface area contributed by atoms with Crippen LogP contribution in [0.4, 0.5) is 5.82 Å². The summed E-state index contributed by atoms with van der Waals surface area (Å²) in [6, 6.07) is 11.0. The number of anilines is 1. The fraction of sp³-hybridized carbons (Fsp3) is 0.375. The molecule has 1 aliphatic heterocycles. The smallest absolute Gasteiger partial charge is 0.254 e. The maximum atomic E-state index is 12.4. The average Bonchev–Trinajstić information content (AvgIpc) is 2.84. The van der Waals surface area contributed by atoms with Gasteiger partial charge in [-0.05, 0) is 26.2 Å². The number of aromatic nitrogens is 4. The lowest BCUT2D eigenvalue weighted by Gasteiger charge is -2.27. The number of hydrogen-bond donors (Lipinski definition) is 1. The predicted octanol–water partition coefficient (Wildman–Crippen LogP) is 2.19. The van der Waals surface area contributed by atoms with Crippen molar-refractivity contribution in [3.8, 4) is 17.1 Å². The van der Waals surface area contributed by atoms with Crippen molar-refractivity contribution in [3.05, 3.63) is 65.0 Å². The van der Waals surface area contributed by atoms with Gasteiger partial charge in [-0.25, -0.2) is 15.0 Å². The highest BCUT2D eigenvalue weighted by Gasteiger charge is 2.13. The Balaban J connectivity index is 1.24. The second-order valence-corrected chi connectivity index (χ2v) is 8.07. The van der Waals surface area contributed by atoms with Crippen molar-refractivity contribution < 1.29 is 9.53 Å². The zero-order valence-electron chi connectivity index (χ0n) is 18.7. The minimum atomic E-state index is -0.290. The average molecular weight is 449 g/mol. The summed E-state index contributed by atoms with van der Waals surface area (Å²) in [6.07, 6.45) is 6.48. The predicted molar refractivity (Wildman–Crippen MR) is 125 cm³/mol. The zero-order valence-corrected chi connectivity index (χ0v) is 18.7. The monoisotopic (exact) mass is 448 g/mol. The first kappa shape index (κ1) is 22.4. The highest BCUT2D eigenvalue weighted by Crippen LogP contribution is 2.20. The lowest BCUT2D eigenvalue weighted by Crippen LogP contribution is -2.34. The van der Waals surface area contributed by atoms with Gasteiger partial charge >= 0.3 is 0 Å². The second-order valence-electron chi connectivity index (χ2n) is 8.07. The number of hydrogen-bond acceptors (Lipinski definition) is 7. The quantitative estimate of drug-likeness (QED) is 0.527. The molecule has 1 saturated heterocycles. The molecule has 0 atom stereocenters. The molecule has 1 fully saturated rings. The number of carbonyl (C=O) groups excluding carboxylic acids is 1. The second kappa shape index (κ2) is 10.7. The molecule has 4 rings (SSSR count). The SMILES string of the molecule is Cc1ccc(-c2cc(=O)n(CC(=O)NCCOc3cc(N4CCCCC4)ncn3)cn2)cc1. The van der Waals surface area contributed by atoms with Crippen LogP contribution < -0.4 is 20.5 Å². The van der Waals surface area contributed by atoms with Crippen molar-refractivity contribution in [2.24, 2.45) is 0 Å². The molecular formula is C24H28N6O3. The van der Waals surface area contributed by atoms with E-state index in [9.17, 15) is 9.59 Å². The first-order valence-corrected chi connectivity index (χ1v) is 11.2. The Morgan fingerprint density at radius 3 is 2.61 bits per heavy atom. The summed E-state index contributed by atoms with van der Waals surface area (Å²) >= 11 is 0.